The Morgan fingerprint density at radius 3 is 2.68 bits per heavy atom. The predicted molar refractivity (Wildman–Crippen MR) is 95.7 cm³/mol. The van der Waals surface area contributed by atoms with Crippen molar-refractivity contribution in [3.8, 4) is 0 Å². The van der Waals surface area contributed by atoms with E-state index in [0.29, 0.717) is 5.92 Å². The zero-order valence-corrected chi connectivity index (χ0v) is 15.5. The Balaban J connectivity index is 1.40. The minimum Gasteiger partial charge on any atom is -0.444 e. The van der Waals surface area contributed by atoms with E-state index in [1.807, 2.05) is 38.1 Å². The minimum atomic E-state index is -0.437. The van der Waals surface area contributed by atoms with E-state index in [1.54, 1.807) is 0 Å². The summed E-state index contributed by atoms with van der Waals surface area (Å²) in [5, 5.41) is 0. The van der Waals surface area contributed by atoms with Crippen LogP contribution in [0.2, 0.25) is 0 Å². The first-order valence-corrected chi connectivity index (χ1v) is 9.38. The monoisotopic (exact) mass is 344 g/mol. The average molecular weight is 344 g/mol. The normalized spacial score (nSPS) is 26.5. The topological polar surface area (TPSA) is 58.6 Å². The number of aromatic nitrogens is 2. The van der Waals surface area contributed by atoms with Gasteiger partial charge >= 0.3 is 6.09 Å². The highest BCUT2D eigenvalue weighted by molar-refractivity contribution is 5.68. The Morgan fingerprint density at radius 2 is 1.96 bits per heavy atom. The fourth-order valence-electron chi connectivity index (χ4n) is 3.98. The largest absolute Gasteiger partial charge is 0.444 e. The molecular weight excluding hydrogens is 316 g/mol. The summed E-state index contributed by atoms with van der Waals surface area (Å²) in [4.78, 5) is 25.8. The maximum Gasteiger partial charge on any atom is 0.410 e. The van der Waals surface area contributed by atoms with E-state index in [9.17, 15) is 4.79 Å². The molecule has 6 heteroatoms. The first-order chi connectivity index (χ1) is 11.8. The van der Waals surface area contributed by atoms with Crippen molar-refractivity contribution in [2.75, 3.05) is 31.1 Å². The molecule has 3 heterocycles. The maximum atomic E-state index is 12.3. The predicted octanol–water partition coefficient (Wildman–Crippen LogP) is 3.19. The lowest BCUT2D eigenvalue weighted by molar-refractivity contribution is 0.0276. The molecule has 6 nitrogen and oxygen atoms in total. The number of ether oxygens (including phenoxy) is 1. The molecule has 0 radical (unpaired) electrons. The number of amides is 1. The lowest BCUT2D eigenvalue weighted by atomic mass is 9.86. The molecule has 2 aliphatic heterocycles. The van der Waals surface area contributed by atoms with E-state index in [0.717, 1.165) is 50.5 Å². The summed E-state index contributed by atoms with van der Waals surface area (Å²) in [6.07, 6.45) is 8.23. The second-order valence-electron chi connectivity index (χ2n) is 8.90. The van der Waals surface area contributed by atoms with Gasteiger partial charge in [0.1, 0.15) is 11.4 Å². The standard InChI is InChI=1S/C19H28N4O2/c1-18(2,3)25-17(24)23-9-7-19(13-23)6-8-22(12-19)16-11-20-10-15(21-16)14-4-5-14/h10-11,14H,4-9,12-13H2,1-3H3. The Morgan fingerprint density at radius 1 is 1.20 bits per heavy atom. The van der Waals surface area contributed by atoms with Crippen molar-refractivity contribution in [1.82, 2.24) is 14.9 Å². The highest BCUT2D eigenvalue weighted by atomic mass is 16.6. The van der Waals surface area contributed by atoms with Crippen molar-refractivity contribution in [3.63, 3.8) is 0 Å². The molecule has 0 bridgehead atoms. The van der Waals surface area contributed by atoms with Crippen LogP contribution in [0.5, 0.6) is 0 Å². The average Bonchev–Trinajstić information content (AvgIpc) is 3.20. The summed E-state index contributed by atoms with van der Waals surface area (Å²) >= 11 is 0. The number of hydrogen-bond acceptors (Lipinski definition) is 5. The Bertz CT molecular complexity index is 668. The van der Waals surface area contributed by atoms with Crippen LogP contribution in [0.3, 0.4) is 0 Å². The molecule has 3 aliphatic rings. The van der Waals surface area contributed by atoms with Crippen molar-refractivity contribution in [2.45, 2.75) is 58.0 Å². The first kappa shape index (κ1) is 16.6. The van der Waals surface area contributed by atoms with Crippen molar-refractivity contribution < 1.29 is 9.53 Å². The van der Waals surface area contributed by atoms with Gasteiger partial charge in [-0.2, -0.15) is 0 Å². The summed E-state index contributed by atoms with van der Waals surface area (Å²) in [5.41, 5.74) is 0.877. The molecule has 1 unspecified atom stereocenters. The molecule has 3 fully saturated rings. The molecular formula is C19H28N4O2. The van der Waals surface area contributed by atoms with Gasteiger partial charge in [-0.15, -0.1) is 0 Å². The summed E-state index contributed by atoms with van der Waals surface area (Å²) in [6.45, 7) is 9.27. The molecule has 25 heavy (non-hydrogen) atoms. The van der Waals surface area contributed by atoms with E-state index in [1.165, 1.54) is 12.8 Å². The van der Waals surface area contributed by atoms with Gasteiger partial charge in [-0.1, -0.05) is 0 Å². The molecule has 2 saturated heterocycles. The molecule has 4 rings (SSSR count). The highest BCUT2D eigenvalue weighted by Crippen LogP contribution is 2.42. The third-order valence-electron chi connectivity index (χ3n) is 5.49. The van der Waals surface area contributed by atoms with Crippen LogP contribution in [0.1, 0.15) is 58.1 Å². The summed E-state index contributed by atoms with van der Waals surface area (Å²) in [5.74, 6) is 1.62. The van der Waals surface area contributed by atoms with Crippen molar-refractivity contribution >= 4 is 11.9 Å². The van der Waals surface area contributed by atoms with Crippen LogP contribution in [0, 0.1) is 5.41 Å². The Hall–Kier alpha value is -1.85. The van der Waals surface area contributed by atoms with Crippen LogP contribution in [0.4, 0.5) is 10.6 Å². The van der Waals surface area contributed by atoms with Crippen LogP contribution < -0.4 is 4.90 Å². The molecule has 1 aromatic heterocycles. The van der Waals surface area contributed by atoms with Gasteiger partial charge in [0.15, 0.2) is 0 Å². The van der Waals surface area contributed by atoms with Crippen LogP contribution in [0.25, 0.3) is 0 Å². The third-order valence-corrected chi connectivity index (χ3v) is 5.49. The lowest BCUT2D eigenvalue weighted by Crippen LogP contribution is -2.37. The van der Waals surface area contributed by atoms with E-state index < -0.39 is 5.60 Å². The smallest absolute Gasteiger partial charge is 0.410 e. The fourth-order valence-corrected chi connectivity index (χ4v) is 3.98. The van der Waals surface area contributed by atoms with Gasteiger partial charge in [0.2, 0.25) is 0 Å². The van der Waals surface area contributed by atoms with Gasteiger partial charge in [0.25, 0.3) is 0 Å². The van der Waals surface area contributed by atoms with Crippen molar-refractivity contribution in [3.05, 3.63) is 18.1 Å². The summed E-state index contributed by atoms with van der Waals surface area (Å²) < 4.78 is 5.54. The number of hydrogen-bond donors (Lipinski definition) is 0. The van der Waals surface area contributed by atoms with Crippen LogP contribution >= 0.6 is 0 Å². The zero-order valence-electron chi connectivity index (χ0n) is 15.5. The van der Waals surface area contributed by atoms with Gasteiger partial charge in [0.05, 0.1) is 11.9 Å². The maximum absolute atomic E-state index is 12.3. The second kappa shape index (κ2) is 5.85. The number of carbonyl (C=O) groups is 1. The van der Waals surface area contributed by atoms with Gasteiger partial charge < -0.3 is 14.5 Å². The Kier molecular flexibility index (Phi) is 3.89. The number of rotatable bonds is 2. The molecule has 1 aromatic rings. The Labute approximate surface area is 149 Å². The van der Waals surface area contributed by atoms with Gasteiger partial charge in [0, 0.05) is 43.7 Å². The quantitative estimate of drug-likeness (QED) is 0.825. The molecule has 1 amide bonds. The first-order valence-electron chi connectivity index (χ1n) is 9.38. The summed E-state index contributed by atoms with van der Waals surface area (Å²) in [6, 6.07) is 0. The van der Waals surface area contributed by atoms with E-state index in [2.05, 4.69) is 9.88 Å². The molecule has 136 valence electrons. The second-order valence-corrected chi connectivity index (χ2v) is 8.90. The molecule has 1 spiro atoms. The third kappa shape index (κ3) is 3.58. The number of anilines is 1. The fraction of sp³-hybridized carbons (Fsp3) is 0.737. The van der Waals surface area contributed by atoms with Crippen molar-refractivity contribution in [2.24, 2.45) is 5.41 Å². The number of likely N-dealkylation sites (tertiary alicyclic amines) is 1. The summed E-state index contributed by atoms with van der Waals surface area (Å²) in [7, 11) is 0. The van der Waals surface area contributed by atoms with Gasteiger partial charge in [-0.3, -0.25) is 4.98 Å². The molecule has 0 aromatic carbocycles. The van der Waals surface area contributed by atoms with E-state index in [4.69, 9.17) is 9.72 Å². The van der Waals surface area contributed by atoms with Gasteiger partial charge in [-0.05, 0) is 46.5 Å². The molecule has 1 atom stereocenters. The molecule has 1 saturated carbocycles. The van der Waals surface area contributed by atoms with Crippen molar-refractivity contribution in [1.29, 1.82) is 0 Å². The van der Waals surface area contributed by atoms with E-state index in [-0.39, 0.29) is 11.5 Å². The highest BCUT2D eigenvalue weighted by Gasteiger charge is 2.46. The minimum absolute atomic E-state index is 0.175. The number of nitrogens with zero attached hydrogens (tertiary/aromatic N) is 4. The zero-order chi connectivity index (χ0) is 17.7. The number of carbonyl (C=O) groups excluding carboxylic acids is 1. The SMILES string of the molecule is CC(C)(C)OC(=O)N1CCC2(CCN(c3cncc(C4CC4)n3)C2)C1. The lowest BCUT2D eigenvalue weighted by Gasteiger charge is -2.27. The van der Waals surface area contributed by atoms with Crippen LogP contribution in [0.15, 0.2) is 12.4 Å². The van der Waals surface area contributed by atoms with Gasteiger partial charge in [-0.25, -0.2) is 9.78 Å². The van der Waals surface area contributed by atoms with E-state index >= 15 is 0 Å². The van der Waals surface area contributed by atoms with Crippen LogP contribution in [-0.2, 0) is 4.74 Å². The van der Waals surface area contributed by atoms with Crippen LogP contribution in [-0.4, -0.2) is 52.7 Å². The molecule has 1 aliphatic carbocycles. The molecule has 0 N–H and O–H groups in total.